The Balaban J connectivity index is 0.000000445. The summed E-state index contributed by atoms with van der Waals surface area (Å²) in [4.78, 5) is 21.6. The van der Waals surface area contributed by atoms with Crippen molar-refractivity contribution in [2.24, 2.45) is 0 Å². The molecule has 0 fully saturated rings. The van der Waals surface area contributed by atoms with Gasteiger partial charge in [0.1, 0.15) is 52.7 Å². The summed E-state index contributed by atoms with van der Waals surface area (Å²) in [5.74, 6) is -71.0. The van der Waals surface area contributed by atoms with Crippen molar-refractivity contribution in [1.82, 2.24) is 0 Å². The zero-order chi connectivity index (χ0) is 45.8. The molecule has 4 nitrogen and oxygen atoms in total. The summed E-state index contributed by atoms with van der Waals surface area (Å²) < 4.78 is 294. The van der Waals surface area contributed by atoms with Gasteiger partial charge in [0.25, 0.3) is 5.69 Å². The second-order valence-electron chi connectivity index (χ2n) is 12.2. The van der Waals surface area contributed by atoms with Gasteiger partial charge in [0.15, 0.2) is 75.6 Å². The summed E-state index contributed by atoms with van der Waals surface area (Å²) in [6.45, 7) is 0. The lowest BCUT2D eigenvalue weighted by atomic mass is 9.12. The average Bonchev–Trinajstić information content (AvgIpc) is 3.20. The molecule has 0 aliphatic carbocycles. The third-order valence-electron chi connectivity index (χ3n) is 8.51. The van der Waals surface area contributed by atoms with Gasteiger partial charge >= 0.3 is 0 Å². The number of halogens is 20. The molecule has 5 rings (SSSR count). The lowest BCUT2D eigenvalue weighted by Crippen LogP contribution is -2.81. The molecular weight excluding hydrogens is 893 g/mol. The van der Waals surface area contributed by atoms with E-state index in [4.69, 9.17) is 0 Å². The van der Waals surface area contributed by atoms with Crippen LogP contribution in [-0.2, 0) is 10.9 Å². The molecule has 26 heteroatoms. The summed E-state index contributed by atoms with van der Waals surface area (Å²) in [5, 5.41) is 10.5. The highest BCUT2D eigenvalue weighted by molar-refractivity contribution is 7.96. The topological polar surface area (TPSA) is 60.2 Å². The lowest BCUT2D eigenvalue weighted by molar-refractivity contribution is -0.384. The van der Waals surface area contributed by atoms with Crippen LogP contribution in [0, 0.1) is 126 Å². The third kappa shape index (κ3) is 7.37. The van der Waals surface area contributed by atoms with E-state index in [2.05, 4.69) is 0 Å². The van der Waals surface area contributed by atoms with Crippen LogP contribution in [0.5, 0.6) is 0 Å². The number of Topliss-reactive ketones (excluding diaryl/α,β-unsaturated/α-hetero) is 1. The van der Waals surface area contributed by atoms with Crippen molar-refractivity contribution >= 4 is 50.4 Å². The molecule has 0 aliphatic rings. The standard InChI is InChI=1S/C24BF20.C10H12NO3S/c26-5-1(6(27)14(35)21(42)13(5)34)25(2-7(28)15(36)22(43)16(37)8(2)29,3-9(30)17(38)23(44)18(39)10(3)31)4-11(32)19(40)24(45)20(41)12(4)33;1-15(2)7-10(12)8-4-3-5-9(6-8)11(13)14/h;3-6H,7H2,1-2H3/q-1;+1. The van der Waals surface area contributed by atoms with E-state index in [1.54, 1.807) is 6.07 Å². The smallest absolute Gasteiger partial charge is 0.270 e. The van der Waals surface area contributed by atoms with E-state index in [1.165, 1.54) is 18.2 Å². The molecule has 0 bridgehead atoms. The van der Waals surface area contributed by atoms with E-state index >= 15 is 35.1 Å². The zero-order valence-electron chi connectivity index (χ0n) is 28.7. The van der Waals surface area contributed by atoms with Crippen molar-refractivity contribution in [3.05, 3.63) is 156 Å². The van der Waals surface area contributed by atoms with Crippen molar-refractivity contribution in [3.8, 4) is 0 Å². The predicted molar refractivity (Wildman–Crippen MR) is 171 cm³/mol. The fourth-order valence-electron chi connectivity index (χ4n) is 6.01. The van der Waals surface area contributed by atoms with Crippen LogP contribution >= 0.6 is 0 Å². The van der Waals surface area contributed by atoms with Crippen LogP contribution in [0.25, 0.3) is 0 Å². The molecule has 0 radical (unpaired) electrons. The predicted octanol–water partition coefficient (Wildman–Crippen LogP) is 7.50. The minimum Gasteiger partial charge on any atom is -0.289 e. The fourth-order valence-corrected chi connectivity index (χ4v) is 6.70. The molecular formula is C34H12BF20NO3S. The summed E-state index contributed by atoms with van der Waals surface area (Å²) in [7, 11) is 0.0171. The van der Waals surface area contributed by atoms with Crippen molar-refractivity contribution in [2.45, 2.75) is 0 Å². The highest BCUT2D eigenvalue weighted by Gasteiger charge is 2.52. The molecule has 0 spiro atoms. The molecule has 0 N–H and O–H groups in total. The van der Waals surface area contributed by atoms with Crippen LogP contribution < -0.4 is 21.9 Å². The van der Waals surface area contributed by atoms with E-state index in [9.17, 15) is 67.6 Å². The van der Waals surface area contributed by atoms with Gasteiger partial charge in [-0.15, -0.1) is 21.9 Å². The van der Waals surface area contributed by atoms with Gasteiger partial charge in [-0.1, -0.05) is 12.1 Å². The first kappa shape index (κ1) is 46.9. The number of non-ortho nitro benzene ring substituents is 1. The Labute approximate surface area is 322 Å². The van der Waals surface area contributed by atoms with Gasteiger partial charge in [-0.3, -0.25) is 14.9 Å². The molecule has 320 valence electrons. The van der Waals surface area contributed by atoms with Gasteiger partial charge < -0.3 is 0 Å². The minimum absolute atomic E-state index is 0.0171. The Bertz CT molecular complexity index is 2240. The quantitative estimate of drug-likeness (QED) is 0.0237. The minimum atomic E-state index is -7.22. The van der Waals surface area contributed by atoms with Gasteiger partial charge in [-0.2, -0.15) is 0 Å². The van der Waals surface area contributed by atoms with Gasteiger partial charge in [0.2, 0.25) is 5.78 Å². The molecule has 60 heavy (non-hydrogen) atoms. The Morgan fingerprint density at radius 3 is 0.917 bits per heavy atom. The highest BCUT2D eigenvalue weighted by Crippen LogP contribution is 2.31. The van der Waals surface area contributed by atoms with Crippen LogP contribution in [-0.4, -0.2) is 35.1 Å². The first-order valence-corrected chi connectivity index (χ1v) is 17.5. The van der Waals surface area contributed by atoms with E-state index in [0.29, 0.717) is 11.3 Å². The Hall–Kier alpha value is -5.82. The van der Waals surface area contributed by atoms with E-state index < -0.39 is 149 Å². The van der Waals surface area contributed by atoms with Crippen LogP contribution in [0.2, 0.25) is 0 Å². The molecule has 0 aliphatic heterocycles. The number of hydrogen-bond donors (Lipinski definition) is 0. The van der Waals surface area contributed by atoms with Crippen LogP contribution in [0.3, 0.4) is 0 Å². The van der Waals surface area contributed by atoms with Crippen LogP contribution in [0.1, 0.15) is 10.4 Å². The van der Waals surface area contributed by atoms with Crippen molar-refractivity contribution < 1.29 is 97.5 Å². The number of ketones is 1. The van der Waals surface area contributed by atoms with Gasteiger partial charge in [-0.25, -0.2) is 87.8 Å². The number of carbonyl (C=O) groups is 1. The molecule has 0 saturated carbocycles. The normalized spacial score (nSPS) is 11.6. The van der Waals surface area contributed by atoms with Crippen molar-refractivity contribution in [2.75, 3.05) is 18.3 Å². The second kappa shape index (κ2) is 17.0. The summed E-state index contributed by atoms with van der Waals surface area (Å²) in [6.07, 6.45) is -3.28. The average molecular weight is 905 g/mol. The maximum Gasteiger partial charge on any atom is 0.270 e. The number of carbonyl (C=O) groups excluding carboxylic acids is 1. The highest BCUT2D eigenvalue weighted by atomic mass is 32.2. The fraction of sp³-hybridized carbons (Fsp3) is 0.0882. The maximum atomic E-state index is 15.4. The van der Waals surface area contributed by atoms with Gasteiger partial charge in [0.05, 0.1) is 17.4 Å². The molecule has 5 aromatic rings. The Kier molecular flexibility index (Phi) is 13.3. The lowest BCUT2D eigenvalue weighted by Gasteiger charge is -2.44. The molecule has 0 amide bonds. The SMILES string of the molecule is C[S+](C)CC(=O)c1cccc([N+](=O)[O-])c1.Fc1c(F)c(F)c([B-](c2c(F)c(F)c(F)c(F)c2F)(c2c(F)c(F)c(F)c(F)c2F)c2c(F)c(F)c(F)c(F)c2F)c(F)c1F. The summed E-state index contributed by atoms with van der Waals surface area (Å²) in [6, 6.07) is 5.86. The number of nitro benzene ring substituents is 1. The van der Waals surface area contributed by atoms with Crippen LogP contribution in [0.4, 0.5) is 93.5 Å². The van der Waals surface area contributed by atoms with E-state index in [-0.39, 0.29) is 22.4 Å². The number of benzene rings is 5. The Morgan fingerprint density at radius 2 is 0.700 bits per heavy atom. The van der Waals surface area contributed by atoms with Crippen LogP contribution in [0.15, 0.2) is 24.3 Å². The number of nitro groups is 1. The first-order valence-electron chi connectivity index (χ1n) is 15.3. The van der Waals surface area contributed by atoms with Gasteiger partial charge in [-0.05, 0) is 10.9 Å². The molecule has 5 aromatic carbocycles. The monoisotopic (exact) mass is 905 g/mol. The molecule has 0 saturated heterocycles. The van der Waals surface area contributed by atoms with Gasteiger partial charge in [0, 0.05) is 17.7 Å². The molecule has 0 unspecified atom stereocenters. The van der Waals surface area contributed by atoms with Crippen molar-refractivity contribution in [3.63, 3.8) is 0 Å². The number of rotatable bonds is 8. The number of nitrogens with zero attached hydrogens (tertiary/aromatic N) is 1. The van der Waals surface area contributed by atoms with E-state index in [0.717, 1.165) is 0 Å². The van der Waals surface area contributed by atoms with Crippen molar-refractivity contribution in [1.29, 1.82) is 0 Å². The molecule has 0 aromatic heterocycles. The second-order valence-corrected chi connectivity index (χ2v) is 14.4. The first-order chi connectivity index (χ1) is 27.7. The summed E-state index contributed by atoms with van der Waals surface area (Å²) >= 11 is 0. The zero-order valence-corrected chi connectivity index (χ0v) is 29.5. The third-order valence-corrected chi connectivity index (χ3v) is 9.35. The largest absolute Gasteiger partial charge is 0.289 e. The number of hydrogen-bond acceptors (Lipinski definition) is 3. The van der Waals surface area contributed by atoms with E-state index in [1.807, 2.05) is 12.5 Å². The maximum absolute atomic E-state index is 15.4. The molecule has 0 atom stereocenters. The summed E-state index contributed by atoms with van der Waals surface area (Å²) in [5.41, 5.74) is -13.9. The molecule has 0 heterocycles. The Morgan fingerprint density at radius 1 is 0.467 bits per heavy atom.